The molecule has 0 bridgehead atoms. The van der Waals surface area contributed by atoms with Gasteiger partial charge < -0.3 is 4.98 Å². The molecule has 2 aromatic heterocycles. The van der Waals surface area contributed by atoms with E-state index in [0.29, 0.717) is 5.82 Å². The molecule has 2 heterocycles. The highest BCUT2D eigenvalue weighted by molar-refractivity contribution is 4.96. The van der Waals surface area contributed by atoms with Crippen molar-refractivity contribution in [3.63, 3.8) is 0 Å². The van der Waals surface area contributed by atoms with Gasteiger partial charge in [-0.3, -0.25) is 0 Å². The average molecular weight is 195 g/mol. The standard InChI is InChI=1S/C7H9N5O2/c1-4(5-8-2-3-9-5)12-6(13)10-11-7(12)14/h2-4H,1H3,(H,8,9)(H,10,13)(H,11,14). The third-order valence-electron chi connectivity index (χ3n) is 2.02. The minimum atomic E-state index is -0.473. The Bertz CT molecular complexity index is 489. The second kappa shape index (κ2) is 3.02. The maximum Gasteiger partial charge on any atom is 0.345 e. The van der Waals surface area contributed by atoms with Gasteiger partial charge in [0, 0.05) is 12.4 Å². The van der Waals surface area contributed by atoms with Crippen LogP contribution in [-0.2, 0) is 0 Å². The molecule has 7 nitrogen and oxygen atoms in total. The van der Waals surface area contributed by atoms with Crippen LogP contribution in [0.3, 0.4) is 0 Å². The summed E-state index contributed by atoms with van der Waals surface area (Å²) < 4.78 is 1.05. The van der Waals surface area contributed by atoms with E-state index in [1.165, 1.54) is 0 Å². The van der Waals surface area contributed by atoms with Gasteiger partial charge in [0.1, 0.15) is 5.82 Å². The number of nitrogens with one attached hydrogen (secondary N) is 3. The molecule has 7 heteroatoms. The number of aromatic nitrogens is 5. The molecule has 1 unspecified atom stereocenters. The quantitative estimate of drug-likeness (QED) is 0.584. The maximum atomic E-state index is 11.2. The smallest absolute Gasteiger partial charge is 0.345 e. The number of rotatable bonds is 2. The molecule has 0 aromatic carbocycles. The number of H-pyrrole nitrogens is 3. The summed E-state index contributed by atoms with van der Waals surface area (Å²) in [4.78, 5) is 29.2. The molecule has 0 aliphatic heterocycles. The van der Waals surface area contributed by atoms with Crippen LogP contribution in [0.4, 0.5) is 0 Å². The van der Waals surface area contributed by atoms with Crippen LogP contribution in [0.15, 0.2) is 22.0 Å². The second-order valence-electron chi connectivity index (χ2n) is 2.88. The fraction of sp³-hybridized carbons (Fsp3) is 0.286. The molecular formula is C7H9N5O2. The molecule has 74 valence electrons. The summed E-state index contributed by atoms with van der Waals surface area (Å²) in [6.45, 7) is 1.71. The second-order valence-corrected chi connectivity index (χ2v) is 2.88. The van der Waals surface area contributed by atoms with E-state index in [1.54, 1.807) is 19.3 Å². The van der Waals surface area contributed by atoms with Gasteiger partial charge in [0.05, 0.1) is 6.04 Å². The molecule has 0 aliphatic carbocycles. The monoisotopic (exact) mass is 195 g/mol. The van der Waals surface area contributed by atoms with Crippen molar-refractivity contribution in [1.82, 2.24) is 24.7 Å². The largest absolute Gasteiger partial charge is 0.347 e. The van der Waals surface area contributed by atoms with E-state index in [1.807, 2.05) is 0 Å². The van der Waals surface area contributed by atoms with Crippen molar-refractivity contribution in [2.45, 2.75) is 13.0 Å². The molecule has 0 fully saturated rings. The van der Waals surface area contributed by atoms with Crippen LogP contribution in [0.2, 0.25) is 0 Å². The number of aromatic amines is 3. The van der Waals surface area contributed by atoms with E-state index in [4.69, 9.17) is 0 Å². The Balaban J connectivity index is 2.51. The first-order valence-electron chi connectivity index (χ1n) is 4.08. The molecule has 0 amide bonds. The lowest BCUT2D eigenvalue weighted by Gasteiger charge is -2.06. The van der Waals surface area contributed by atoms with Crippen LogP contribution >= 0.6 is 0 Å². The number of hydrogen-bond donors (Lipinski definition) is 3. The van der Waals surface area contributed by atoms with Crippen LogP contribution in [0.25, 0.3) is 0 Å². The van der Waals surface area contributed by atoms with E-state index < -0.39 is 17.4 Å². The average Bonchev–Trinajstić information content (AvgIpc) is 2.75. The zero-order chi connectivity index (χ0) is 10.1. The van der Waals surface area contributed by atoms with E-state index in [0.717, 1.165) is 4.57 Å². The highest BCUT2D eigenvalue weighted by Gasteiger charge is 2.15. The fourth-order valence-corrected chi connectivity index (χ4v) is 1.30. The topological polar surface area (TPSA) is 99.3 Å². The van der Waals surface area contributed by atoms with Crippen LogP contribution in [0, 0.1) is 0 Å². The Kier molecular flexibility index (Phi) is 1.84. The SMILES string of the molecule is CC(c1ncc[nH]1)n1c(=O)[nH][nH]c1=O. The minimum Gasteiger partial charge on any atom is -0.347 e. The van der Waals surface area contributed by atoms with E-state index in [2.05, 4.69) is 20.2 Å². The maximum absolute atomic E-state index is 11.2. The zero-order valence-electron chi connectivity index (χ0n) is 7.44. The van der Waals surface area contributed by atoms with Gasteiger partial charge in [-0.1, -0.05) is 0 Å². The molecule has 0 saturated carbocycles. The lowest BCUT2D eigenvalue weighted by molar-refractivity contribution is 0.570. The molecule has 0 spiro atoms. The molecule has 3 N–H and O–H groups in total. The predicted molar refractivity (Wildman–Crippen MR) is 48.1 cm³/mol. The van der Waals surface area contributed by atoms with E-state index in [-0.39, 0.29) is 0 Å². The highest BCUT2D eigenvalue weighted by Crippen LogP contribution is 2.07. The summed E-state index contributed by atoms with van der Waals surface area (Å²) in [7, 11) is 0. The Morgan fingerprint density at radius 3 is 2.50 bits per heavy atom. The first-order chi connectivity index (χ1) is 6.70. The van der Waals surface area contributed by atoms with Crippen molar-refractivity contribution in [2.75, 3.05) is 0 Å². The summed E-state index contributed by atoms with van der Waals surface area (Å²) in [6, 6.07) is -0.410. The minimum absolute atomic E-state index is 0.410. The van der Waals surface area contributed by atoms with Crippen molar-refractivity contribution in [2.24, 2.45) is 0 Å². The summed E-state index contributed by atoms with van der Waals surface area (Å²) in [5, 5.41) is 4.42. The summed E-state index contributed by atoms with van der Waals surface area (Å²) >= 11 is 0. The number of hydrogen-bond acceptors (Lipinski definition) is 3. The molecule has 2 aromatic rings. The third-order valence-corrected chi connectivity index (χ3v) is 2.02. The first kappa shape index (κ1) is 8.54. The molecule has 1 atom stereocenters. The number of imidazole rings is 1. The summed E-state index contributed by atoms with van der Waals surface area (Å²) in [6.07, 6.45) is 3.20. The Hall–Kier alpha value is -2.05. The number of nitrogens with zero attached hydrogens (tertiary/aromatic N) is 2. The molecular weight excluding hydrogens is 186 g/mol. The molecule has 0 aliphatic rings. The van der Waals surface area contributed by atoms with Gasteiger partial charge in [-0.15, -0.1) is 0 Å². The van der Waals surface area contributed by atoms with Crippen LogP contribution < -0.4 is 11.4 Å². The normalized spacial score (nSPS) is 12.9. The lowest BCUT2D eigenvalue weighted by Crippen LogP contribution is -2.30. The van der Waals surface area contributed by atoms with Crippen LogP contribution in [-0.4, -0.2) is 24.7 Å². The van der Waals surface area contributed by atoms with Gasteiger partial charge in [-0.05, 0) is 6.92 Å². The van der Waals surface area contributed by atoms with Crippen molar-refractivity contribution >= 4 is 0 Å². The van der Waals surface area contributed by atoms with Gasteiger partial charge in [0.2, 0.25) is 0 Å². The van der Waals surface area contributed by atoms with Gasteiger partial charge in [0.25, 0.3) is 0 Å². The molecule has 14 heavy (non-hydrogen) atoms. The van der Waals surface area contributed by atoms with E-state index >= 15 is 0 Å². The van der Waals surface area contributed by atoms with Gasteiger partial charge in [-0.2, -0.15) is 0 Å². The zero-order valence-corrected chi connectivity index (χ0v) is 7.44. The van der Waals surface area contributed by atoms with Gasteiger partial charge in [0.15, 0.2) is 0 Å². The Morgan fingerprint density at radius 1 is 1.36 bits per heavy atom. The van der Waals surface area contributed by atoms with Crippen molar-refractivity contribution < 1.29 is 0 Å². The molecule has 0 radical (unpaired) electrons. The highest BCUT2D eigenvalue weighted by atomic mass is 16.2. The molecule has 0 saturated heterocycles. The van der Waals surface area contributed by atoms with Crippen LogP contribution in [0.5, 0.6) is 0 Å². The molecule has 2 rings (SSSR count). The first-order valence-corrected chi connectivity index (χ1v) is 4.08. The Morgan fingerprint density at radius 2 is 2.00 bits per heavy atom. The van der Waals surface area contributed by atoms with Gasteiger partial charge >= 0.3 is 11.4 Å². The van der Waals surface area contributed by atoms with E-state index in [9.17, 15) is 9.59 Å². The predicted octanol–water partition coefficient (Wildman–Crippen LogP) is -0.803. The van der Waals surface area contributed by atoms with Gasteiger partial charge in [-0.25, -0.2) is 29.3 Å². The van der Waals surface area contributed by atoms with Crippen molar-refractivity contribution in [1.29, 1.82) is 0 Å². The summed E-state index contributed by atoms with van der Waals surface area (Å²) in [5.41, 5.74) is -0.946. The van der Waals surface area contributed by atoms with Crippen LogP contribution in [0.1, 0.15) is 18.8 Å². The Labute approximate surface area is 77.8 Å². The fourth-order valence-electron chi connectivity index (χ4n) is 1.30. The summed E-state index contributed by atoms with van der Waals surface area (Å²) in [5.74, 6) is 0.567. The lowest BCUT2D eigenvalue weighted by atomic mass is 10.3. The van der Waals surface area contributed by atoms with Crippen molar-refractivity contribution in [3.05, 3.63) is 39.2 Å². The third kappa shape index (κ3) is 1.18. The van der Waals surface area contributed by atoms with Crippen molar-refractivity contribution in [3.8, 4) is 0 Å².